The Balaban J connectivity index is 3.28. The highest BCUT2D eigenvalue weighted by molar-refractivity contribution is 7.94. The van der Waals surface area contributed by atoms with Gasteiger partial charge in [0.25, 0.3) is 5.91 Å². The standard InChI is InChI=1S/C20H24FN3OS/c1-3-5-12-24(13-7-11-23-15-26)20(25)17(8-4-2)16-9-6-10-19(21)18(16)14-22/h5,7-8,10,12-13,15H,3-4,6,9,11H2,1-2H3,(H,23,26)/b12-5+,13-7+,17-8-. The minimum absolute atomic E-state index is 0.0487. The van der Waals surface area contributed by atoms with E-state index in [4.69, 9.17) is 0 Å². The highest BCUT2D eigenvalue weighted by atomic mass is 32.1. The van der Waals surface area contributed by atoms with Crippen molar-refractivity contribution in [3.05, 3.63) is 59.3 Å². The van der Waals surface area contributed by atoms with Crippen LogP contribution in [0.1, 0.15) is 39.5 Å². The van der Waals surface area contributed by atoms with Crippen LogP contribution in [0.4, 0.5) is 4.39 Å². The van der Waals surface area contributed by atoms with Crippen molar-refractivity contribution in [3.63, 3.8) is 0 Å². The largest absolute Gasteiger partial charge is 0.291 e. The predicted molar refractivity (Wildman–Crippen MR) is 107 cm³/mol. The van der Waals surface area contributed by atoms with Gasteiger partial charge in [0.15, 0.2) is 0 Å². The molecule has 0 aromatic carbocycles. The summed E-state index contributed by atoms with van der Waals surface area (Å²) in [6, 6.07) is 1.90. The summed E-state index contributed by atoms with van der Waals surface area (Å²) < 4.78 is 14.0. The second kappa shape index (κ2) is 12.0. The molecular weight excluding hydrogens is 349 g/mol. The normalized spacial score (nSPS) is 15.8. The van der Waals surface area contributed by atoms with E-state index in [1.165, 1.54) is 16.5 Å². The van der Waals surface area contributed by atoms with Crippen LogP contribution in [-0.4, -0.2) is 22.9 Å². The lowest BCUT2D eigenvalue weighted by molar-refractivity contribution is -0.122. The maximum Gasteiger partial charge on any atom is 0.261 e. The average Bonchev–Trinajstić information content (AvgIpc) is 2.65. The van der Waals surface area contributed by atoms with Gasteiger partial charge in [-0.3, -0.25) is 14.7 Å². The zero-order valence-corrected chi connectivity index (χ0v) is 16.0. The van der Waals surface area contributed by atoms with Crippen molar-refractivity contribution in [2.24, 2.45) is 4.99 Å². The maximum atomic E-state index is 14.0. The lowest BCUT2D eigenvalue weighted by Gasteiger charge is -2.20. The van der Waals surface area contributed by atoms with Gasteiger partial charge in [-0.2, -0.15) is 5.26 Å². The molecule has 6 heteroatoms. The molecule has 0 saturated heterocycles. The number of aliphatic imine (C=N–C) groups is 1. The fourth-order valence-electron chi connectivity index (χ4n) is 2.46. The second-order valence-electron chi connectivity index (χ2n) is 5.45. The van der Waals surface area contributed by atoms with E-state index in [1.54, 1.807) is 24.6 Å². The average molecular weight is 373 g/mol. The molecule has 26 heavy (non-hydrogen) atoms. The van der Waals surface area contributed by atoms with Gasteiger partial charge >= 0.3 is 0 Å². The summed E-state index contributed by atoms with van der Waals surface area (Å²) in [5, 5.41) is 9.32. The van der Waals surface area contributed by atoms with E-state index in [1.807, 2.05) is 26.0 Å². The van der Waals surface area contributed by atoms with E-state index >= 15 is 0 Å². The van der Waals surface area contributed by atoms with Gasteiger partial charge in [0.2, 0.25) is 0 Å². The van der Waals surface area contributed by atoms with Crippen molar-refractivity contribution in [2.45, 2.75) is 39.5 Å². The van der Waals surface area contributed by atoms with Crippen molar-refractivity contribution in [3.8, 4) is 6.07 Å². The Morgan fingerprint density at radius 1 is 1.38 bits per heavy atom. The zero-order valence-electron chi connectivity index (χ0n) is 15.2. The molecule has 1 aliphatic carbocycles. The lowest BCUT2D eigenvalue weighted by Crippen LogP contribution is -2.24. The van der Waals surface area contributed by atoms with Crippen LogP contribution < -0.4 is 0 Å². The Morgan fingerprint density at radius 3 is 2.73 bits per heavy atom. The van der Waals surface area contributed by atoms with Gasteiger partial charge in [-0.1, -0.05) is 26.0 Å². The van der Waals surface area contributed by atoms with Crippen LogP contribution in [0.5, 0.6) is 0 Å². The van der Waals surface area contributed by atoms with E-state index in [-0.39, 0.29) is 11.5 Å². The molecule has 0 spiro atoms. The molecule has 0 fully saturated rings. The Morgan fingerprint density at radius 2 is 2.12 bits per heavy atom. The Kier molecular flexibility index (Phi) is 10.0. The summed E-state index contributed by atoms with van der Waals surface area (Å²) in [4.78, 5) is 18.5. The SMILES string of the molecule is CC/C=C(\C(=O)N(/C=C/CC)/C=C/C/N=C\S)C1=C(C#N)C(F)=CCC1. The van der Waals surface area contributed by atoms with Gasteiger partial charge in [0.05, 0.1) is 17.7 Å². The summed E-state index contributed by atoms with van der Waals surface area (Å²) in [6.45, 7) is 4.26. The molecule has 0 aromatic rings. The van der Waals surface area contributed by atoms with Crippen molar-refractivity contribution < 1.29 is 9.18 Å². The zero-order chi connectivity index (χ0) is 19.4. The number of hydrogen-bond donors (Lipinski definition) is 1. The summed E-state index contributed by atoms with van der Waals surface area (Å²) in [6.07, 6.45) is 12.3. The fraction of sp³-hybridized carbons (Fsp3) is 0.350. The molecule has 1 aliphatic rings. The molecule has 0 aromatic heterocycles. The number of nitriles is 1. The van der Waals surface area contributed by atoms with Crippen molar-refractivity contribution in [1.82, 2.24) is 4.90 Å². The van der Waals surface area contributed by atoms with Gasteiger partial charge in [-0.05, 0) is 43.4 Å². The molecule has 0 atom stereocenters. The van der Waals surface area contributed by atoms with Gasteiger partial charge in [0, 0.05) is 18.0 Å². The quantitative estimate of drug-likeness (QED) is 0.281. The monoisotopic (exact) mass is 373 g/mol. The summed E-state index contributed by atoms with van der Waals surface area (Å²) >= 11 is 3.89. The van der Waals surface area contributed by atoms with Gasteiger partial charge < -0.3 is 0 Å². The first-order valence-electron chi connectivity index (χ1n) is 8.58. The number of halogens is 1. The number of thiol groups is 1. The van der Waals surface area contributed by atoms with Gasteiger partial charge in [0.1, 0.15) is 11.9 Å². The maximum absolute atomic E-state index is 14.0. The molecule has 0 radical (unpaired) electrons. The first-order valence-corrected chi connectivity index (χ1v) is 9.10. The highest BCUT2D eigenvalue weighted by Crippen LogP contribution is 2.32. The smallest absolute Gasteiger partial charge is 0.261 e. The van der Waals surface area contributed by atoms with Crippen molar-refractivity contribution in [2.75, 3.05) is 6.54 Å². The van der Waals surface area contributed by atoms with Crippen LogP contribution in [0.2, 0.25) is 0 Å². The van der Waals surface area contributed by atoms with Gasteiger partial charge in [-0.15, -0.1) is 12.6 Å². The van der Waals surface area contributed by atoms with Crippen LogP contribution in [-0.2, 0) is 4.79 Å². The molecule has 0 heterocycles. The minimum atomic E-state index is -0.558. The van der Waals surface area contributed by atoms with Crippen molar-refractivity contribution in [1.29, 1.82) is 5.26 Å². The Hall–Kier alpha value is -2.39. The second-order valence-corrected chi connectivity index (χ2v) is 5.68. The molecule has 0 saturated carbocycles. The number of allylic oxidation sites excluding steroid dienone is 5. The number of carbonyl (C=O) groups excluding carboxylic acids is 1. The lowest BCUT2D eigenvalue weighted by atomic mass is 9.90. The topological polar surface area (TPSA) is 56.5 Å². The molecule has 0 bridgehead atoms. The van der Waals surface area contributed by atoms with Crippen LogP contribution in [0.15, 0.2) is 64.2 Å². The summed E-state index contributed by atoms with van der Waals surface area (Å²) in [7, 11) is 0. The van der Waals surface area contributed by atoms with E-state index in [0.717, 1.165) is 6.42 Å². The van der Waals surface area contributed by atoms with Crippen LogP contribution in [0.3, 0.4) is 0 Å². The number of hydrogen-bond acceptors (Lipinski definition) is 3. The minimum Gasteiger partial charge on any atom is -0.291 e. The molecule has 1 rings (SSSR count). The third-order valence-corrected chi connectivity index (χ3v) is 3.79. The van der Waals surface area contributed by atoms with Crippen LogP contribution in [0.25, 0.3) is 0 Å². The number of amides is 1. The van der Waals surface area contributed by atoms with Gasteiger partial charge in [-0.25, -0.2) is 4.39 Å². The summed E-state index contributed by atoms with van der Waals surface area (Å²) in [5.74, 6) is -0.849. The predicted octanol–water partition coefficient (Wildman–Crippen LogP) is 5.01. The number of nitrogens with zero attached hydrogens (tertiary/aromatic N) is 3. The number of carbonyl (C=O) groups is 1. The molecule has 0 aliphatic heterocycles. The van der Waals surface area contributed by atoms with Crippen LogP contribution in [0, 0.1) is 11.3 Å². The molecule has 1 amide bonds. The first-order chi connectivity index (χ1) is 12.6. The molecular formula is C20H24FN3OS. The fourth-order valence-corrected chi connectivity index (χ4v) is 2.55. The summed E-state index contributed by atoms with van der Waals surface area (Å²) in [5.41, 5.74) is 2.18. The third-order valence-electron chi connectivity index (χ3n) is 3.63. The van der Waals surface area contributed by atoms with Crippen molar-refractivity contribution >= 4 is 24.1 Å². The molecule has 0 unspecified atom stereocenters. The highest BCUT2D eigenvalue weighted by Gasteiger charge is 2.25. The van der Waals surface area contributed by atoms with E-state index in [0.29, 0.717) is 37.0 Å². The van der Waals surface area contributed by atoms with Crippen LogP contribution >= 0.6 is 12.6 Å². The van der Waals surface area contributed by atoms with E-state index < -0.39 is 5.83 Å². The molecule has 4 nitrogen and oxygen atoms in total. The molecule has 138 valence electrons. The first kappa shape index (κ1) is 21.7. The molecule has 0 N–H and O–H groups in total. The third kappa shape index (κ3) is 6.16. The van der Waals surface area contributed by atoms with E-state index in [2.05, 4.69) is 17.6 Å². The Bertz CT molecular complexity index is 724. The Labute approximate surface area is 160 Å². The van der Waals surface area contributed by atoms with E-state index in [9.17, 15) is 14.4 Å². The number of rotatable bonds is 8.